The highest BCUT2D eigenvalue weighted by Gasteiger charge is 2.42. The van der Waals surface area contributed by atoms with E-state index >= 15 is 0 Å². The smallest absolute Gasteiger partial charge is 0.307 e. The number of esters is 1. The Kier molecular flexibility index (Phi) is 4.08. The third kappa shape index (κ3) is 3.21. The predicted octanol–water partition coefficient (Wildman–Crippen LogP) is 2.50. The molecule has 0 aromatic heterocycles. The summed E-state index contributed by atoms with van der Waals surface area (Å²) in [6.45, 7) is 2.36. The van der Waals surface area contributed by atoms with Crippen LogP contribution in [-0.2, 0) is 9.53 Å². The van der Waals surface area contributed by atoms with Crippen LogP contribution in [0.4, 0.5) is 0 Å². The molecule has 0 aliphatic heterocycles. The lowest BCUT2D eigenvalue weighted by Crippen LogP contribution is -2.49. The fourth-order valence-corrected chi connectivity index (χ4v) is 3.34. The average molecular weight is 239 g/mol. The number of hydrogen-bond acceptors (Lipinski definition) is 3. The van der Waals surface area contributed by atoms with E-state index in [2.05, 4.69) is 5.32 Å². The fraction of sp³-hybridized carbons (Fsp3) is 0.929. The molecule has 2 aliphatic rings. The van der Waals surface area contributed by atoms with Crippen LogP contribution < -0.4 is 5.32 Å². The van der Waals surface area contributed by atoms with Gasteiger partial charge < -0.3 is 10.1 Å². The quantitative estimate of drug-likeness (QED) is 0.749. The molecule has 1 N–H and O–H groups in total. The van der Waals surface area contributed by atoms with Crippen LogP contribution in [0.25, 0.3) is 0 Å². The summed E-state index contributed by atoms with van der Waals surface area (Å²) in [5, 5.41) is 3.42. The zero-order chi connectivity index (χ0) is 12.3. The normalized spacial score (nSPS) is 33.4. The maximum Gasteiger partial charge on any atom is 0.307 e. The van der Waals surface area contributed by atoms with Crippen molar-refractivity contribution in [2.75, 3.05) is 13.7 Å². The summed E-state index contributed by atoms with van der Waals surface area (Å²) in [7, 11) is 1.99. The predicted molar refractivity (Wildman–Crippen MR) is 67.7 cm³/mol. The first kappa shape index (κ1) is 12.9. The minimum Gasteiger partial charge on any atom is -0.466 e. The van der Waals surface area contributed by atoms with Gasteiger partial charge in [-0.25, -0.2) is 0 Å². The average Bonchev–Trinajstić information content (AvgIpc) is 3.13. The maximum atomic E-state index is 11.7. The third-order valence-electron chi connectivity index (χ3n) is 4.49. The number of ether oxygens (including phenoxy) is 1. The Labute approximate surface area is 104 Å². The van der Waals surface area contributed by atoms with E-state index in [0.29, 0.717) is 13.0 Å². The molecule has 17 heavy (non-hydrogen) atoms. The Hall–Kier alpha value is -0.570. The Morgan fingerprint density at radius 1 is 1.35 bits per heavy atom. The fourth-order valence-electron chi connectivity index (χ4n) is 3.34. The molecule has 0 spiro atoms. The van der Waals surface area contributed by atoms with Crippen molar-refractivity contribution in [2.45, 2.75) is 57.4 Å². The standard InChI is InChI=1S/C14H25NO2/c1-3-17-13(16)10-14(15-2)8-4-5-12(9-14)11-6-7-11/h11-12,15H,3-10H2,1-2H3. The largest absolute Gasteiger partial charge is 0.466 e. The second-order valence-electron chi connectivity index (χ2n) is 5.71. The minimum absolute atomic E-state index is 0.0117. The maximum absolute atomic E-state index is 11.7. The third-order valence-corrected chi connectivity index (χ3v) is 4.49. The molecule has 0 bridgehead atoms. The van der Waals surface area contributed by atoms with Gasteiger partial charge in [0.05, 0.1) is 13.0 Å². The second kappa shape index (κ2) is 5.38. The van der Waals surface area contributed by atoms with E-state index in [1.165, 1.54) is 25.7 Å². The first-order valence-electron chi connectivity index (χ1n) is 7.03. The van der Waals surface area contributed by atoms with E-state index in [-0.39, 0.29) is 11.5 Å². The van der Waals surface area contributed by atoms with Gasteiger partial charge in [-0.1, -0.05) is 12.8 Å². The second-order valence-corrected chi connectivity index (χ2v) is 5.71. The van der Waals surface area contributed by atoms with Crippen molar-refractivity contribution in [3.63, 3.8) is 0 Å². The molecule has 0 saturated heterocycles. The van der Waals surface area contributed by atoms with Crippen LogP contribution in [0, 0.1) is 11.8 Å². The molecule has 0 radical (unpaired) electrons. The van der Waals surface area contributed by atoms with Gasteiger partial charge in [-0.05, 0) is 51.5 Å². The van der Waals surface area contributed by atoms with E-state index in [9.17, 15) is 4.79 Å². The van der Waals surface area contributed by atoms with Crippen LogP contribution in [0.1, 0.15) is 51.9 Å². The molecule has 0 amide bonds. The van der Waals surface area contributed by atoms with Gasteiger partial charge in [0.25, 0.3) is 0 Å². The lowest BCUT2D eigenvalue weighted by atomic mass is 9.72. The zero-order valence-electron chi connectivity index (χ0n) is 11.1. The molecule has 0 aromatic carbocycles. The Balaban J connectivity index is 1.94. The van der Waals surface area contributed by atoms with E-state index in [1.807, 2.05) is 14.0 Å². The van der Waals surface area contributed by atoms with Crippen LogP contribution in [0.5, 0.6) is 0 Å². The highest BCUT2D eigenvalue weighted by Crippen LogP contribution is 2.47. The van der Waals surface area contributed by atoms with Gasteiger partial charge in [0, 0.05) is 5.54 Å². The van der Waals surface area contributed by atoms with Gasteiger partial charge in [0.15, 0.2) is 0 Å². The lowest BCUT2D eigenvalue weighted by Gasteiger charge is -2.40. The van der Waals surface area contributed by atoms with E-state index in [1.54, 1.807) is 0 Å². The Bertz CT molecular complexity index is 275. The molecule has 2 rings (SSSR count). The van der Waals surface area contributed by atoms with Crippen molar-refractivity contribution < 1.29 is 9.53 Å². The van der Waals surface area contributed by atoms with Crippen LogP contribution in [0.2, 0.25) is 0 Å². The van der Waals surface area contributed by atoms with Crippen molar-refractivity contribution >= 4 is 5.97 Å². The van der Waals surface area contributed by atoms with Crippen molar-refractivity contribution in [2.24, 2.45) is 11.8 Å². The molecule has 2 aliphatic carbocycles. The summed E-state index contributed by atoms with van der Waals surface area (Å²) in [4.78, 5) is 11.7. The van der Waals surface area contributed by atoms with Crippen molar-refractivity contribution in [3.8, 4) is 0 Å². The Morgan fingerprint density at radius 3 is 2.71 bits per heavy atom. The topological polar surface area (TPSA) is 38.3 Å². The summed E-state index contributed by atoms with van der Waals surface area (Å²) < 4.78 is 5.10. The van der Waals surface area contributed by atoms with Gasteiger partial charge in [-0.2, -0.15) is 0 Å². The molecular formula is C14H25NO2. The van der Waals surface area contributed by atoms with E-state index in [4.69, 9.17) is 4.74 Å². The zero-order valence-corrected chi connectivity index (χ0v) is 11.1. The number of nitrogens with one attached hydrogen (secondary N) is 1. The lowest BCUT2D eigenvalue weighted by molar-refractivity contribution is -0.145. The molecule has 2 saturated carbocycles. The minimum atomic E-state index is -0.0432. The number of carbonyl (C=O) groups excluding carboxylic acids is 1. The summed E-state index contributed by atoms with van der Waals surface area (Å²) in [6.07, 6.45) is 8.24. The van der Waals surface area contributed by atoms with Crippen molar-refractivity contribution in [1.82, 2.24) is 5.32 Å². The van der Waals surface area contributed by atoms with E-state index in [0.717, 1.165) is 24.7 Å². The Morgan fingerprint density at radius 2 is 2.12 bits per heavy atom. The van der Waals surface area contributed by atoms with Gasteiger partial charge in [0.1, 0.15) is 0 Å². The van der Waals surface area contributed by atoms with Gasteiger partial charge >= 0.3 is 5.97 Å². The molecule has 3 heteroatoms. The van der Waals surface area contributed by atoms with Crippen LogP contribution in [0.3, 0.4) is 0 Å². The number of rotatable bonds is 5. The molecule has 0 aromatic rings. The summed E-state index contributed by atoms with van der Waals surface area (Å²) in [5.74, 6) is 1.74. The number of carbonyl (C=O) groups is 1. The molecule has 2 unspecified atom stereocenters. The first-order chi connectivity index (χ1) is 8.19. The molecule has 2 fully saturated rings. The molecular weight excluding hydrogens is 214 g/mol. The van der Waals surface area contributed by atoms with E-state index < -0.39 is 0 Å². The molecule has 0 heterocycles. The van der Waals surface area contributed by atoms with Crippen LogP contribution in [0.15, 0.2) is 0 Å². The summed E-state index contributed by atoms with van der Waals surface area (Å²) >= 11 is 0. The molecule has 3 nitrogen and oxygen atoms in total. The van der Waals surface area contributed by atoms with Crippen LogP contribution in [-0.4, -0.2) is 25.2 Å². The summed E-state index contributed by atoms with van der Waals surface area (Å²) in [6, 6.07) is 0. The van der Waals surface area contributed by atoms with Crippen molar-refractivity contribution in [1.29, 1.82) is 0 Å². The highest BCUT2D eigenvalue weighted by molar-refractivity contribution is 5.71. The highest BCUT2D eigenvalue weighted by atomic mass is 16.5. The molecule has 2 atom stereocenters. The molecule has 98 valence electrons. The van der Waals surface area contributed by atoms with Gasteiger partial charge in [-0.15, -0.1) is 0 Å². The van der Waals surface area contributed by atoms with Crippen molar-refractivity contribution in [3.05, 3.63) is 0 Å². The van der Waals surface area contributed by atoms with Gasteiger partial charge in [-0.3, -0.25) is 4.79 Å². The summed E-state index contributed by atoms with van der Waals surface area (Å²) in [5.41, 5.74) is 0.0117. The monoisotopic (exact) mass is 239 g/mol. The van der Waals surface area contributed by atoms with Crippen LogP contribution >= 0.6 is 0 Å². The van der Waals surface area contributed by atoms with Gasteiger partial charge in [0.2, 0.25) is 0 Å². The first-order valence-corrected chi connectivity index (χ1v) is 7.03. The SMILES string of the molecule is CCOC(=O)CC1(NC)CCCC(C2CC2)C1. The number of hydrogen-bond donors (Lipinski definition) is 1.